The first-order valence-corrected chi connectivity index (χ1v) is 30.1. The van der Waals surface area contributed by atoms with Crippen LogP contribution >= 0.6 is 0 Å². The van der Waals surface area contributed by atoms with Crippen molar-refractivity contribution in [3.05, 3.63) is 48.6 Å². The maximum absolute atomic E-state index is 12.9. The smallest absolute Gasteiger partial charge is 0.306 e. The molecule has 0 saturated carbocycles. The zero-order chi connectivity index (χ0) is 50.0. The Labute approximate surface area is 428 Å². The molecule has 0 amide bonds. The highest BCUT2D eigenvalue weighted by atomic mass is 16.6. The van der Waals surface area contributed by atoms with Gasteiger partial charge in [-0.05, 0) is 83.5 Å². The third-order valence-corrected chi connectivity index (χ3v) is 13.3. The molecule has 0 aromatic rings. The van der Waals surface area contributed by atoms with E-state index in [1.165, 1.54) is 193 Å². The summed E-state index contributed by atoms with van der Waals surface area (Å²) in [6, 6.07) is 0. The van der Waals surface area contributed by atoms with Crippen molar-refractivity contribution in [3.63, 3.8) is 0 Å². The standard InChI is InChI=1S/C63H114O6/c1-4-7-10-13-16-19-22-25-27-29-30-31-32-33-34-35-37-38-41-44-47-50-53-56-62(65)68-59-60(58-67-61(64)55-52-49-46-43-40-24-21-18-15-12-9-6-3)69-63(66)57-54-51-48-45-42-39-36-28-26-23-20-17-14-11-8-5-2/h22,25,28-30,32-33,36,60H,4-21,23-24,26-27,31,34-35,37-59H2,1-3H3/b25-22-,30-29-,33-32-,36-28-. The molecule has 0 aliphatic carbocycles. The van der Waals surface area contributed by atoms with E-state index in [4.69, 9.17) is 14.2 Å². The van der Waals surface area contributed by atoms with Crippen LogP contribution in [0.5, 0.6) is 0 Å². The van der Waals surface area contributed by atoms with E-state index in [-0.39, 0.29) is 31.1 Å². The molecule has 0 radical (unpaired) electrons. The highest BCUT2D eigenvalue weighted by Crippen LogP contribution is 2.16. The SMILES string of the molecule is CCCCCCC/C=C\C/C=C\C/C=C\CCCCCCCCCCC(=O)OCC(COC(=O)CCCCCCCCCCCCCC)OC(=O)CCCCCCC/C=C\CCCCCCCCC. The fourth-order valence-corrected chi connectivity index (χ4v) is 8.74. The summed E-state index contributed by atoms with van der Waals surface area (Å²) in [6.45, 7) is 6.64. The molecule has 1 atom stereocenters. The summed E-state index contributed by atoms with van der Waals surface area (Å²) in [4.78, 5) is 38.2. The van der Waals surface area contributed by atoms with Gasteiger partial charge < -0.3 is 14.2 Å². The highest BCUT2D eigenvalue weighted by molar-refractivity contribution is 5.71. The van der Waals surface area contributed by atoms with Gasteiger partial charge in [-0.3, -0.25) is 14.4 Å². The second kappa shape index (κ2) is 57.9. The van der Waals surface area contributed by atoms with E-state index in [0.717, 1.165) is 83.5 Å². The van der Waals surface area contributed by atoms with E-state index >= 15 is 0 Å². The number of hydrogen-bond donors (Lipinski definition) is 0. The molecule has 0 bridgehead atoms. The topological polar surface area (TPSA) is 78.9 Å². The van der Waals surface area contributed by atoms with Gasteiger partial charge in [0.25, 0.3) is 0 Å². The molecule has 0 spiro atoms. The van der Waals surface area contributed by atoms with E-state index in [1.807, 2.05) is 0 Å². The molecule has 0 aliphatic heterocycles. The van der Waals surface area contributed by atoms with E-state index in [0.29, 0.717) is 19.3 Å². The summed E-state index contributed by atoms with van der Waals surface area (Å²) in [5, 5.41) is 0. The number of allylic oxidation sites excluding steroid dienone is 8. The average Bonchev–Trinajstić information content (AvgIpc) is 3.35. The molecule has 0 saturated heterocycles. The van der Waals surface area contributed by atoms with Gasteiger partial charge in [0.2, 0.25) is 0 Å². The minimum absolute atomic E-state index is 0.0757. The van der Waals surface area contributed by atoms with Gasteiger partial charge in [0.15, 0.2) is 6.10 Å². The van der Waals surface area contributed by atoms with Crippen LogP contribution in [-0.4, -0.2) is 37.2 Å². The fourth-order valence-electron chi connectivity index (χ4n) is 8.74. The van der Waals surface area contributed by atoms with Crippen LogP contribution in [0.15, 0.2) is 48.6 Å². The van der Waals surface area contributed by atoms with E-state index in [1.54, 1.807) is 0 Å². The lowest BCUT2D eigenvalue weighted by molar-refractivity contribution is -0.167. The Balaban J connectivity index is 4.31. The zero-order valence-corrected chi connectivity index (χ0v) is 46.1. The molecule has 6 nitrogen and oxygen atoms in total. The summed E-state index contributed by atoms with van der Waals surface area (Å²) in [5.41, 5.74) is 0. The lowest BCUT2D eigenvalue weighted by Crippen LogP contribution is -2.30. The summed E-state index contributed by atoms with van der Waals surface area (Å²) >= 11 is 0. The first kappa shape index (κ1) is 66.4. The van der Waals surface area contributed by atoms with Crippen LogP contribution in [0, 0.1) is 0 Å². The zero-order valence-electron chi connectivity index (χ0n) is 46.1. The largest absolute Gasteiger partial charge is 0.462 e. The van der Waals surface area contributed by atoms with Crippen molar-refractivity contribution in [1.29, 1.82) is 0 Å². The van der Waals surface area contributed by atoms with E-state index in [9.17, 15) is 14.4 Å². The van der Waals surface area contributed by atoms with Gasteiger partial charge in [0, 0.05) is 19.3 Å². The molecule has 0 aromatic carbocycles. The Morgan fingerprint density at radius 3 is 0.826 bits per heavy atom. The summed E-state index contributed by atoms with van der Waals surface area (Å²) in [7, 11) is 0. The average molecular weight is 968 g/mol. The molecule has 0 rings (SSSR count). The van der Waals surface area contributed by atoms with Crippen molar-refractivity contribution < 1.29 is 28.6 Å². The Morgan fingerprint density at radius 2 is 0.522 bits per heavy atom. The summed E-state index contributed by atoms with van der Waals surface area (Å²) in [6.07, 6.45) is 71.0. The Kier molecular flexibility index (Phi) is 55.7. The summed E-state index contributed by atoms with van der Waals surface area (Å²) < 4.78 is 16.9. The van der Waals surface area contributed by atoms with Crippen molar-refractivity contribution in [3.8, 4) is 0 Å². The van der Waals surface area contributed by atoms with Crippen LogP contribution in [0.4, 0.5) is 0 Å². The molecule has 1 unspecified atom stereocenters. The van der Waals surface area contributed by atoms with Crippen molar-refractivity contribution in [2.45, 2.75) is 322 Å². The predicted molar refractivity (Wildman–Crippen MR) is 298 cm³/mol. The predicted octanol–water partition coefficient (Wildman–Crippen LogP) is 20.2. The minimum atomic E-state index is -0.778. The van der Waals surface area contributed by atoms with Crippen LogP contribution < -0.4 is 0 Å². The van der Waals surface area contributed by atoms with Crippen LogP contribution in [0.2, 0.25) is 0 Å². The van der Waals surface area contributed by atoms with Crippen LogP contribution in [0.1, 0.15) is 316 Å². The van der Waals surface area contributed by atoms with Gasteiger partial charge in [-0.15, -0.1) is 0 Å². The van der Waals surface area contributed by atoms with Gasteiger partial charge >= 0.3 is 17.9 Å². The number of carbonyl (C=O) groups excluding carboxylic acids is 3. The molecule has 0 aliphatic rings. The first-order valence-electron chi connectivity index (χ1n) is 30.1. The molecule has 69 heavy (non-hydrogen) atoms. The van der Waals surface area contributed by atoms with Crippen LogP contribution in [0.25, 0.3) is 0 Å². The van der Waals surface area contributed by atoms with Crippen molar-refractivity contribution >= 4 is 17.9 Å². The second-order valence-corrected chi connectivity index (χ2v) is 20.3. The quantitative estimate of drug-likeness (QED) is 0.0262. The number of esters is 3. The van der Waals surface area contributed by atoms with Crippen molar-refractivity contribution in [2.24, 2.45) is 0 Å². The molecule has 0 aromatic heterocycles. The molecule has 402 valence electrons. The molecular formula is C63H114O6. The van der Waals surface area contributed by atoms with Gasteiger partial charge in [-0.2, -0.15) is 0 Å². The van der Waals surface area contributed by atoms with Gasteiger partial charge in [0.05, 0.1) is 0 Å². The molecule has 0 fully saturated rings. The van der Waals surface area contributed by atoms with Crippen molar-refractivity contribution in [2.75, 3.05) is 13.2 Å². The number of carbonyl (C=O) groups is 3. The Morgan fingerprint density at radius 1 is 0.290 bits per heavy atom. The molecule has 6 heteroatoms. The van der Waals surface area contributed by atoms with Crippen molar-refractivity contribution in [1.82, 2.24) is 0 Å². The summed E-state index contributed by atoms with van der Waals surface area (Å²) in [5.74, 6) is -0.877. The molecule has 0 heterocycles. The van der Waals surface area contributed by atoms with E-state index < -0.39 is 6.10 Å². The van der Waals surface area contributed by atoms with Gasteiger partial charge in [-0.1, -0.05) is 262 Å². The monoisotopic (exact) mass is 967 g/mol. The number of rotatable bonds is 55. The number of hydrogen-bond acceptors (Lipinski definition) is 6. The normalized spacial score (nSPS) is 12.3. The lowest BCUT2D eigenvalue weighted by atomic mass is 10.0. The Bertz CT molecular complexity index is 1200. The highest BCUT2D eigenvalue weighted by Gasteiger charge is 2.19. The maximum Gasteiger partial charge on any atom is 0.306 e. The van der Waals surface area contributed by atoms with Gasteiger partial charge in [-0.25, -0.2) is 0 Å². The maximum atomic E-state index is 12.9. The fraction of sp³-hybridized carbons (Fsp3) is 0.825. The van der Waals surface area contributed by atoms with E-state index in [2.05, 4.69) is 69.4 Å². The Hall–Kier alpha value is -2.63. The second-order valence-electron chi connectivity index (χ2n) is 20.3. The molecule has 0 N–H and O–H groups in total. The first-order chi connectivity index (χ1) is 34.0. The van der Waals surface area contributed by atoms with Crippen LogP contribution in [0.3, 0.4) is 0 Å². The molecular weight excluding hydrogens is 853 g/mol. The van der Waals surface area contributed by atoms with Gasteiger partial charge in [0.1, 0.15) is 13.2 Å². The third kappa shape index (κ3) is 56.2. The third-order valence-electron chi connectivity index (χ3n) is 13.3. The lowest BCUT2D eigenvalue weighted by Gasteiger charge is -2.18. The number of ether oxygens (including phenoxy) is 3. The minimum Gasteiger partial charge on any atom is -0.462 e. The van der Waals surface area contributed by atoms with Crippen LogP contribution in [-0.2, 0) is 28.6 Å². The number of unbranched alkanes of at least 4 members (excludes halogenated alkanes) is 36.